The highest BCUT2D eigenvalue weighted by molar-refractivity contribution is 7.99. The number of primary amides is 1. The second-order valence-electron chi connectivity index (χ2n) is 33.6. The molecule has 6 heterocycles. The van der Waals surface area contributed by atoms with Gasteiger partial charge in [-0.05, 0) is 98.7 Å². The fourth-order valence-electron chi connectivity index (χ4n) is 16.3. The van der Waals surface area contributed by atoms with Crippen LogP contribution in [0.4, 0.5) is 0 Å². The summed E-state index contributed by atoms with van der Waals surface area (Å²) in [5.74, 6) is -13.9. The Morgan fingerprint density at radius 3 is 1.72 bits per heavy atom. The lowest BCUT2D eigenvalue weighted by molar-refractivity contribution is -0.149. The van der Waals surface area contributed by atoms with Crippen molar-refractivity contribution in [3.8, 4) is 5.75 Å². The van der Waals surface area contributed by atoms with Gasteiger partial charge < -0.3 is 119 Å². The quantitative estimate of drug-likeness (QED) is 0.0210. The number of phenolic OH excluding ortho intramolecular Hbond substituents is 1. The number of carbonyl (C=O) groups excluding carboxylic acids is 15. The van der Waals surface area contributed by atoms with Crippen molar-refractivity contribution in [2.75, 3.05) is 65.4 Å². The summed E-state index contributed by atoms with van der Waals surface area (Å²) in [7, 11) is 4.08. The normalized spacial score (nSPS) is 24.9. The van der Waals surface area contributed by atoms with Crippen LogP contribution in [0.15, 0.2) is 97.7 Å². The van der Waals surface area contributed by atoms with Crippen molar-refractivity contribution in [3.63, 3.8) is 0 Å². The molecule has 0 radical (unpaired) electrons. The molecule has 3 aliphatic heterocycles. The van der Waals surface area contributed by atoms with Crippen molar-refractivity contribution in [1.82, 2.24) is 97.6 Å². The maximum atomic E-state index is 15.7. The lowest BCUT2D eigenvalue weighted by Crippen LogP contribution is -2.61. The highest BCUT2D eigenvalue weighted by Crippen LogP contribution is 2.28. The molecule has 129 heavy (non-hydrogen) atoms. The number of phenols is 1. The van der Waals surface area contributed by atoms with Crippen molar-refractivity contribution in [2.45, 2.75) is 228 Å². The number of rotatable bonds is 23. The summed E-state index contributed by atoms with van der Waals surface area (Å²) in [5.41, 5.74) is 14.5. The highest BCUT2D eigenvalue weighted by Gasteiger charge is 2.47. The number of hydrogen-bond acceptors (Lipinski definition) is 21. The highest BCUT2D eigenvalue weighted by atomic mass is 32.2. The van der Waals surface area contributed by atoms with Gasteiger partial charge in [0.25, 0.3) is 0 Å². The summed E-state index contributed by atoms with van der Waals surface area (Å²) in [5, 5.41) is 69.2. The van der Waals surface area contributed by atoms with Gasteiger partial charge in [0, 0.05) is 131 Å². The lowest BCUT2D eigenvalue weighted by Gasteiger charge is -2.36. The first-order chi connectivity index (χ1) is 61.6. The minimum Gasteiger partial charge on any atom is -0.508 e. The minimum atomic E-state index is -1.85. The zero-order chi connectivity index (χ0) is 93.9. The number of nitrogens with zero attached hydrogens (tertiary/aromatic N) is 6. The van der Waals surface area contributed by atoms with E-state index in [1.807, 2.05) is 13.8 Å². The summed E-state index contributed by atoms with van der Waals surface area (Å²) < 4.78 is 0. The molecule has 6 aromatic rings. The van der Waals surface area contributed by atoms with E-state index in [-0.39, 0.29) is 126 Å². The molecule has 21 N–H and O–H groups in total. The third-order valence-corrected chi connectivity index (χ3v) is 24.5. The van der Waals surface area contributed by atoms with E-state index >= 15 is 33.6 Å². The van der Waals surface area contributed by atoms with Crippen LogP contribution in [0.3, 0.4) is 0 Å². The number of nitrogens with one attached hydrogen (secondary N) is 14. The largest absolute Gasteiger partial charge is 0.508 e. The molecule has 3 fully saturated rings. The first kappa shape index (κ1) is 100. The number of likely N-dealkylation sites (N-methyl/N-ethyl adjacent to an activating group) is 3. The molecule has 14 atom stereocenters. The average Bonchev–Trinajstić information content (AvgIpc) is 1.67. The first-order valence-corrected chi connectivity index (χ1v) is 44.9. The summed E-state index contributed by atoms with van der Waals surface area (Å²) in [6.07, 6.45) is 4.96. The van der Waals surface area contributed by atoms with E-state index in [1.54, 1.807) is 74.8 Å². The smallest absolute Gasteiger partial charge is 0.246 e. The summed E-state index contributed by atoms with van der Waals surface area (Å²) in [6, 6.07) is 0.809. The van der Waals surface area contributed by atoms with Gasteiger partial charge in [-0.15, -0.1) is 0 Å². The fourth-order valence-corrected chi connectivity index (χ4v) is 17.0. The number of aromatic nitrogens is 4. The van der Waals surface area contributed by atoms with Crippen molar-refractivity contribution in [2.24, 2.45) is 17.4 Å². The zero-order valence-electron chi connectivity index (χ0n) is 74.1. The molecular formula is C88H124N22O18S. The van der Waals surface area contributed by atoms with E-state index in [9.17, 15) is 53.7 Å². The van der Waals surface area contributed by atoms with Crippen LogP contribution in [0.2, 0.25) is 0 Å². The third kappa shape index (κ3) is 27.7. The van der Waals surface area contributed by atoms with Gasteiger partial charge in [-0.2, -0.15) is 11.8 Å². The molecule has 3 aromatic heterocycles. The molecule has 15 amide bonds. The number of H-pyrrole nitrogens is 3. The van der Waals surface area contributed by atoms with Gasteiger partial charge in [0.05, 0.1) is 31.2 Å². The standard InChI is InChI=1S/C88H124N22O18S/c1-9-11-24-69-80(121)99-61(23-17-31-94-88(90)91)76(117)93-32-34-129-47-74(115)98-65(36-51-27-29-55(112)30-28-51)83(124)106(6)50(5)75(116)102-67(41-73(89)114)85(126)109-33-18-26-70(109)81(122)101-63(39-54-44-92-48-97-54)78(119)103-64(35-49(3)4)86(127)110-45-56(113)40-72(110)82(123)100-62(37-52-42-95-59-21-15-13-19-57(52)59)77(118)105-68(46-111)79(120)104-66(38-53-43-96-60-22-16-14-20-58(53)60)84(125)108(8)71(25-12-10-2)87(128)107(69)7/h13-16,19-22,27-30,42-44,48-50,56,61-72,95-96,111-113H,9-12,17-18,23-26,31-41,45-47H2,1-8H3,(H2,89,114)(H,92,97)(H,93,117)(H,98,115)(H,99,121)(H,100,123)(H,101,122)(H,102,116)(H,103,119)(H,104,120)(H,105,118)(H4,90,91,94)/t50-,56+,61-,62-,63-,64-,65-,66-,67-,68-,69-,70?,71-,72?/m0/s1. The van der Waals surface area contributed by atoms with Crippen LogP contribution in [0.1, 0.15) is 140 Å². The number of thioether (sulfide) groups is 1. The average molecular weight is 1810 g/mol. The monoisotopic (exact) mass is 1810 g/mol. The van der Waals surface area contributed by atoms with E-state index in [4.69, 9.17) is 16.9 Å². The van der Waals surface area contributed by atoms with Gasteiger partial charge >= 0.3 is 0 Å². The van der Waals surface area contributed by atoms with E-state index in [1.165, 1.54) is 74.7 Å². The van der Waals surface area contributed by atoms with Crippen molar-refractivity contribution < 1.29 is 87.2 Å². The number of imidazole rings is 1. The molecular weight excluding hydrogens is 1690 g/mol. The number of fused-ring (bicyclic) bond motifs is 4. The Morgan fingerprint density at radius 2 is 1.12 bits per heavy atom. The molecule has 0 aliphatic carbocycles. The zero-order valence-corrected chi connectivity index (χ0v) is 74.9. The summed E-state index contributed by atoms with van der Waals surface area (Å²) in [6.45, 7) is 7.06. The van der Waals surface area contributed by atoms with Crippen LogP contribution >= 0.6 is 11.8 Å². The maximum Gasteiger partial charge on any atom is 0.246 e. The Hall–Kier alpha value is -12.7. The van der Waals surface area contributed by atoms with Crippen molar-refractivity contribution in [1.29, 1.82) is 5.41 Å². The van der Waals surface area contributed by atoms with Crippen LogP contribution < -0.4 is 64.6 Å². The molecule has 40 nitrogen and oxygen atoms in total. The summed E-state index contributed by atoms with van der Waals surface area (Å²) >= 11 is 1.07. The number of carbonyl (C=O) groups is 15. The van der Waals surface area contributed by atoms with Gasteiger partial charge in [0.1, 0.15) is 84.3 Å². The number of aromatic hydroxyl groups is 1. The van der Waals surface area contributed by atoms with Crippen LogP contribution in [0.5, 0.6) is 5.75 Å². The van der Waals surface area contributed by atoms with Crippen molar-refractivity contribution >= 4 is 128 Å². The lowest BCUT2D eigenvalue weighted by atomic mass is 10.00. The number of unbranched alkanes of at least 4 members (excludes halogenated alkanes) is 2. The second-order valence-corrected chi connectivity index (χ2v) is 34.7. The van der Waals surface area contributed by atoms with Gasteiger partial charge in [-0.25, -0.2) is 4.98 Å². The number of aromatic amines is 3. The van der Waals surface area contributed by atoms with Gasteiger partial charge in [0.2, 0.25) is 88.6 Å². The molecule has 3 aliphatic rings. The van der Waals surface area contributed by atoms with E-state index < -0.39 is 193 Å². The predicted molar refractivity (Wildman–Crippen MR) is 479 cm³/mol. The Bertz CT molecular complexity index is 4930. The van der Waals surface area contributed by atoms with Gasteiger partial charge in [-0.1, -0.05) is 102 Å². The SMILES string of the molecule is CCCC[C@H]1C(=O)N(C)[C@@H](CCCC)C(=O)N[C@@H](CCCNC(=N)N)C(=O)NCCSCC(=O)N[C@@H](Cc2ccc(O)cc2)C(=O)N(C)[C@@H](C)C(=O)N[C@@H](CC(N)=O)C(=O)N2CCCC2C(=O)N[C@@H](Cc2cnc[nH]2)C(=O)N[C@@H](CC(C)C)C(=O)N2C[C@H](O)CC2C(=O)N[C@@H](Cc2c[nH]c3ccccc23)C(=O)N[C@@H](CO)C(=O)N[C@@H](Cc2c[nH]c3ccccc23)C(=O)N1C. The second kappa shape index (κ2) is 47.9. The Morgan fingerprint density at radius 1 is 0.574 bits per heavy atom. The first-order valence-electron chi connectivity index (χ1n) is 43.8. The van der Waals surface area contributed by atoms with Crippen LogP contribution in [0, 0.1) is 11.3 Å². The molecule has 700 valence electrons. The van der Waals surface area contributed by atoms with E-state index in [0.717, 1.165) is 26.5 Å². The van der Waals surface area contributed by atoms with Gasteiger partial charge in [-0.3, -0.25) is 77.3 Å². The fraction of sp³-hybridized carbons (Fsp3) is 0.534. The minimum absolute atomic E-state index is 0.00372. The number of amides is 15. The molecule has 41 heteroatoms. The van der Waals surface area contributed by atoms with E-state index in [0.29, 0.717) is 69.9 Å². The molecule has 0 saturated carbocycles. The van der Waals surface area contributed by atoms with Crippen LogP contribution in [-0.2, 0) is 97.6 Å². The number of nitrogens with two attached hydrogens (primary N) is 2. The number of guanidine groups is 1. The Kier molecular flexibility index (Phi) is 37.2. The third-order valence-electron chi connectivity index (χ3n) is 23.5. The predicted octanol–water partition coefficient (Wildman–Crippen LogP) is -0.899. The molecule has 9 rings (SSSR count). The number of benzene rings is 3. The number of hydrogen-bond donors (Lipinski definition) is 19. The molecule has 0 bridgehead atoms. The molecule has 3 saturated heterocycles. The van der Waals surface area contributed by atoms with Crippen molar-refractivity contribution in [3.05, 3.63) is 120 Å². The number of para-hydroxylation sites is 2. The molecule has 2 unspecified atom stereocenters. The number of aliphatic hydroxyl groups is 2. The van der Waals surface area contributed by atoms with E-state index in [2.05, 4.69) is 73.1 Å². The van der Waals surface area contributed by atoms with Crippen LogP contribution in [0.25, 0.3) is 21.8 Å². The van der Waals surface area contributed by atoms with Crippen LogP contribution in [-0.4, -0.2) is 304 Å². The van der Waals surface area contributed by atoms with Gasteiger partial charge in [0.15, 0.2) is 5.96 Å². The Balaban J connectivity index is 1.07. The topological polar surface area (TPSA) is 589 Å². The molecule has 3 aromatic carbocycles. The molecule has 0 spiro atoms. The summed E-state index contributed by atoms with van der Waals surface area (Å²) in [4.78, 5) is 241. The number of aliphatic hydroxyl groups excluding tert-OH is 2. The maximum absolute atomic E-state index is 15.7. The Labute approximate surface area is 751 Å².